The average Bonchev–Trinajstić information content (AvgIpc) is 2.82. The maximum absolute atomic E-state index is 8.80. The molecule has 7 nitrogen and oxygen atoms in total. The number of aromatic hydroxyl groups is 1. The van der Waals surface area contributed by atoms with Gasteiger partial charge in [-0.25, -0.2) is 0 Å². The Bertz CT molecular complexity index is 900. The zero-order valence-electron chi connectivity index (χ0n) is 18.5. The monoisotopic (exact) mass is 474 g/mol. The third kappa shape index (κ3) is 13.0. The van der Waals surface area contributed by atoms with E-state index in [2.05, 4.69) is 0 Å². The highest BCUT2D eigenvalue weighted by Crippen LogP contribution is 2.19. The van der Waals surface area contributed by atoms with Gasteiger partial charge in [0.15, 0.2) is 0 Å². The Balaban J connectivity index is 0.000000610. The van der Waals surface area contributed by atoms with E-state index in [1.54, 1.807) is 62.8 Å². The van der Waals surface area contributed by atoms with Gasteiger partial charge in [0.05, 0.1) is 14.2 Å². The van der Waals surface area contributed by atoms with Crippen molar-refractivity contribution in [3.8, 4) is 28.7 Å². The number of aryl methyl sites for hydroxylation is 1. The zero-order valence-corrected chi connectivity index (χ0v) is 19.3. The smallest absolute Gasteiger partial charge is 0.363 e. The summed E-state index contributed by atoms with van der Waals surface area (Å²) in [5, 5.41) is 8.86. The summed E-state index contributed by atoms with van der Waals surface area (Å²) in [6.45, 7) is 3.20. The largest absolute Gasteiger partial charge is 0.508 e. The SMILES string of the molecule is C.COc1ccc(O)cc1.COc1ccc(OC(=S)Oc2ccc(C)cc2)cc1.NCCN. The number of thiocarbonyl (C=S) groups is 1. The molecule has 3 aromatic rings. The second-order valence-electron chi connectivity index (χ2n) is 6.22. The molecule has 0 fully saturated rings. The Hall–Kier alpha value is -3.33. The lowest BCUT2D eigenvalue weighted by molar-refractivity contribution is 0.399. The quantitative estimate of drug-likeness (QED) is 0.457. The molecule has 0 atom stereocenters. The Morgan fingerprint density at radius 2 is 1.03 bits per heavy atom. The minimum Gasteiger partial charge on any atom is -0.508 e. The van der Waals surface area contributed by atoms with Gasteiger partial charge in [-0.1, -0.05) is 25.1 Å². The van der Waals surface area contributed by atoms with E-state index >= 15 is 0 Å². The number of methoxy groups -OCH3 is 2. The lowest BCUT2D eigenvalue weighted by atomic mass is 10.2. The van der Waals surface area contributed by atoms with Gasteiger partial charge in [0.2, 0.25) is 0 Å². The van der Waals surface area contributed by atoms with Gasteiger partial charge in [0, 0.05) is 25.3 Å². The highest BCUT2D eigenvalue weighted by atomic mass is 32.1. The number of rotatable bonds is 5. The highest BCUT2D eigenvalue weighted by Gasteiger charge is 2.03. The minimum absolute atomic E-state index is 0. The van der Waals surface area contributed by atoms with Gasteiger partial charge < -0.3 is 35.5 Å². The molecule has 0 amide bonds. The van der Waals surface area contributed by atoms with Crippen LogP contribution in [0.25, 0.3) is 0 Å². The van der Waals surface area contributed by atoms with E-state index in [1.165, 1.54) is 0 Å². The molecule has 3 rings (SSSR count). The summed E-state index contributed by atoms with van der Waals surface area (Å²) in [5.74, 6) is 3.04. The van der Waals surface area contributed by atoms with Crippen molar-refractivity contribution < 1.29 is 24.1 Å². The standard InChI is InChI=1S/C15H14O3S.C7H8O2.C2H8N2.CH4/c1-11-3-5-13(6-4-11)17-15(19)18-14-9-7-12(16-2)8-10-14;1-9-7-4-2-6(8)3-5-7;3-1-2-4;/h3-10H,1-2H3;2-5,8H,1H3;1-4H2;1H4. The molecule has 0 radical (unpaired) electrons. The molecule has 0 heterocycles. The van der Waals surface area contributed by atoms with Gasteiger partial charge >= 0.3 is 5.24 Å². The van der Waals surface area contributed by atoms with Gasteiger partial charge in [-0.05, 0) is 67.6 Å². The predicted molar refractivity (Wildman–Crippen MR) is 138 cm³/mol. The van der Waals surface area contributed by atoms with Crippen LogP contribution in [0.2, 0.25) is 0 Å². The molecule has 5 N–H and O–H groups in total. The molecule has 0 aliphatic heterocycles. The maximum Gasteiger partial charge on any atom is 0.363 e. The Kier molecular flexibility index (Phi) is 15.5. The zero-order chi connectivity index (χ0) is 23.8. The van der Waals surface area contributed by atoms with Crippen molar-refractivity contribution in [2.75, 3.05) is 27.3 Å². The Labute approximate surface area is 201 Å². The summed E-state index contributed by atoms with van der Waals surface area (Å²) in [7, 11) is 3.20. The number of phenolic OH excluding ortho intramolecular Hbond substituents is 1. The van der Waals surface area contributed by atoms with Crippen LogP contribution in [0, 0.1) is 6.92 Å². The van der Waals surface area contributed by atoms with Crippen LogP contribution >= 0.6 is 12.2 Å². The van der Waals surface area contributed by atoms with Crippen LogP contribution in [0.1, 0.15) is 13.0 Å². The fourth-order valence-electron chi connectivity index (χ4n) is 2.05. The number of hydrogen-bond donors (Lipinski definition) is 3. The first kappa shape index (κ1) is 29.7. The molecule has 0 aromatic heterocycles. The third-order valence-electron chi connectivity index (χ3n) is 3.72. The molecule has 0 unspecified atom stereocenters. The van der Waals surface area contributed by atoms with Crippen LogP contribution in [0.4, 0.5) is 0 Å². The van der Waals surface area contributed by atoms with E-state index in [0.29, 0.717) is 24.6 Å². The van der Waals surface area contributed by atoms with Crippen molar-refractivity contribution in [2.45, 2.75) is 14.4 Å². The summed E-state index contributed by atoms with van der Waals surface area (Å²) in [5.41, 5.74) is 11.0. The van der Waals surface area contributed by atoms with Gasteiger partial charge in [-0.3, -0.25) is 0 Å². The molecule has 0 bridgehead atoms. The Morgan fingerprint density at radius 1 is 0.697 bits per heavy atom. The van der Waals surface area contributed by atoms with Crippen molar-refractivity contribution in [2.24, 2.45) is 11.5 Å². The average molecular weight is 475 g/mol. The summed E-state index contributed by atoms with van der Waals surface area (Å²) < 4.78 is 20.7. The van der Waals surface area contributed by atoms with E-state index in [0.717, 1.165) is 17.1 Å². The van der Waals surface area contributed by atoms with Gasteiger partial charge in [-0.15, -0.1) is 0 Å². The molecule has 3 aromatic carbocycles. The van der Waals surface area contributed by atoms with Crippen molar-refractivity contribution >= 4 is 17.5 Å². The number of ether oxygens (including phenoxy) is 4. The molecule has 0 aliphatic rings. The first-order valence-electron chi connectivity index (χ1n) is 9.75. The van der Waals surface area contributed by atoms with E-state index in [9.17, 15) is 0 Å². The van der Waals surface area contributed by atoms with Crippen molar-refractivity contribution in [3.05, 3.63) is 78.4 Å². The normalized spacial score (nSPS) is 9.00. The molecule has 0 saturated carbocycles. The summed E-state index contributed by atoms with van der Waals surface area (Å²) >= 11 is 5.04. The van der Waals surface area contributed by atoms with Gasteiger partial charge in [0.25, 0.3) is 0 Å². The summed E-state index contributed by atoms with van der Waals surface area (Å²) in [6, 6.07) is 21.3. The molecule has 180 valence electrons. The van der Waals surface area contributed by atoms with Crippen molar-refractivity contribution in [1.82, 2.24) is 0 Å². The second-order valence-corrected chi connectivity index (χ2v) is 6.55. The molecular formula is C25H34N2O5S. The van der Waals surface area contributed by atoms with Crippen LogP contribution < -0.4 is 30.4 Å². The number of hydrogen-bond acceptors (Lipinski definition) is 8. The van der Waals surface area contributed by atoms with Gasteiger partial charge in [0.1, 0.15) is 28.7 Å². The van der Waals surface area contributed by atoms with Crippen molar-refractivity contribution in [3.63, 3.8) is 0 Å². The number of nitrogens with two attached hydrogens (primary N) is 2. The lowest BCUT2D eigenvalue weighted by Crippen LogP contribution is -2.13. The molecule has 33 heavy (non-hydrogen) atoms. The number of phenols is 1. The number of benzene rings is 3. The van der Waals surface area contributed by atoms with Crippen LogP contribution in [-0.4, -0.2) is 37.7 Å². The maximum atomic E-state index is 8.80. The van der Waals surface area contributed by atoms with E-state index in [-0.39, 0.29) is 18.4 Å². The van der Waals surface area contributed by atoms with Gasteiger partial charge in [-0.2, -0.15) is 0 Å². The summed E-state index contributed by atoms with van der Waals surface area (Å²) in [4.78, 5) is 0. The fraction of sp³-hybridized carbons (Fsp3) is 0.240. The molecular weight excluding hydrogens is 440 g/mol. The molecule has 0 aliphatic carbocycles. The predicted octanol–water partition coefficient (Wildman–Crippen LogP) is 4.69. The third-order valence-corrected chi connectivity index (χ3v) is 3.89. The summed E-state index contributed by atoms with van der Waals surface area (Å²) in [6.07, 6.45) is 0. The topological polar surface area (TPSA) is 109 Å². The highest BCUT2D eigenvalue weighted by molar-refractivity contribution is 7.79. The molecule has 0 spiro atoms. The van der Waals surface area contributed by atoms with E-state index in [1.807, 2.05) is 31.2 Å². The minimum atomic E-state index is 0. The van der Waals surface area contributed by atoms with E-state index < -0.39 is 0 Å². The second kappa shape index (κ2) is 17.3. The van der Waals surface area contributed by atoms with E-state index in [4.69, 9.17) is 47.7 Å². The van der Waals surface area contributed by atoms with Crippen LogP contribution in [0.3, 0.4) is 0 Å². The van der Waals surface area contributed by atoms with Crippen LogP contribution in [0.5, 0.6) is 28.7 Å². The fourth-order valence-corrected chi connectivity index (χ4v) is 2.24. The Morgan fingerprint density at radius 3 is 1.39 bits per heavy atom. The molecule has 8 heteroatoms. The molecule has 0 saturated heterocycles. The first-order valence-corrected chi connectivity index (χ1v) is 10.2. The van der Waals surface area contributed by atoms with Crippen molar-refractivity contribution in [1.29, 1.82) is 0 Å². The van der Waals surface area contributed by atoms with Crippen LogP contribution in [-0.2, 0) is 0 Å². The van der Waals surface area contributed by atoms with Crippen LogP contribution in [0.15, 0.2) is 72.8 Å². The first-order chi connectivity index (χ1) is 15.4. The lowest BCUT2D eigenvalue weighted by Gasteiger charge is -2.08.